The Balaban J connectivity index is 1.72. The number of nitrogens with zero attached hydrogens (tertiary/aromatic N) is 3. The molecule has 0 unspecified atom stereocenters. The first kappa shape index (κ1) is 15.4. The third-order valence-electron chi connectivity index (χ3n) is 3.02. The highest BCUT2D eigenvalue weighted by molar-refractivity contribution is 5.96. The zero-order valence-electron chi connectivity index (χ0n) is 12.7. The average Bonchev–Trinajstić information content (AvgIpc) is 2.64. The Hall–Kier alpha value is -3.54. The molecule has 2 aromatic heterocycles. The monoisotopic (exact) mass is 318 g/mol. The summed E-state index contributed by atoms with van der Waals surface area (Å²) < 4.78 is 5.66. The summed E-state index contributed by atoms with van der Waals surface area (Å²) in [6.45, 7) is 0. The first-order valence-corrected chi connectivity index (χ1v) is 7.25. The molecule has 0 saturated carbocycles. The van der Waals surface area contributed by atoms with Crippen molar-refractivity contribution in [3.05, 3.63) is 84.3 Å². The number of hydrogen-bond donors (Lipinski definition) is 1. The number of aromatic nitrogens is 2. The summed E-state index contributed by atoms with van der Waals surface area (Å²) in [5, 5.41) is 3.90. The van der Waals surface area contributed by atoms with Crippen LogP contribution in [0.4, 0.5) is 0 Å². The van der Waals surface area contributed by atoms with E-state index in [4.69, 9.17) is 4.74 Å². The molecule has 3 aromatic rings. The van der Waals surface area contributed by atoms with E-state index in [1.807, 2.05) is 24.3 Å². The van der Waals surface area contributed by atoms with Crippen LogP contribution in [0.1, 0.15) is 16.1 Å². The molecule has 1 N–H and O–H groups in total. The molecule has 0 fully saturated rings. The summed E-state index contributed by atoms with van der Waals surface area (Å²) in [6, 6.07) is 17.8. The maximum atomic E-state index is 12.3. The lowest BCUT2D eigenvalue weighted by atomic mass is 10.2. The zero-order chi connectivity index (χ0) is 16.6. The molecular weight excluding hydrogens is 304 g/mol. The maximum absolute atomic E-state index is 12.3. The van der Waals surface area contributed by atoms with Gasteiger partial charge in [-0.25, -0.2) is 10.4 Å². The van der Waals surface area contributed by atoms with Crippen LogP contribution in [0, 0.1) is 0 Å². The molecule has 1 amide bonds. The summed E-state index contributed by atoms with van der Waals surface area (Å²) >= 11 is 0. The fourth-order valence-corrected chi connectivity index (χ4v) is 1.91. The van der Waals surface area contributed by atoms with Gasteiger partial charge < -0.3 is 4.74 Å². The van der Waals surface area contributed by atoms with Gasteiger partial charge in [-0.2, -0.15) is 5.10 Å². The SMILES string of the molecule is O=C(N/N=C/c1ccccn1)c1cccnc1Oc1ccccc1. The molecule has 6 heteroatoms. The highest BCUT2D eigenvalue weighted by Crippen LogP contribution is 2.22. The quantitative estimate of drug-likeness (QED) is 0.579. The van der Waals surface area contributed by atoms with Gasteiger partial charge in [-0.3, -0.25) is 9.78 Å². The van der Waals surface area contributed by atoms with Crippen molar-refractivity contribution in [2.24, 2.45) is 5.10 Å². The van der Waals surface area contributed by atoms with Crippen molar-refractivity contribution in [3.63, 3.8) is 0 Å². The van der Waals surface area contributed by atoms with Gasteiger partial charge in [-0.05, 0) is 36.4 Å². The minimum absolute atomic E-state index is 0.217. The fraction of sp³-hybridized carbons (Fsp3) is 0. The Morgan fingerprint density at radius 3 is 2.54 bits per heavy atom. The number of hydrazone groups is 1. The number of pyridine rings is 2. The van der Waals surface area contributed by atoms with E-state index in [1.54, 1.807) is 48.8 Å². The topological polar surface area (TPSA) is 76.5 Å². The van der Waals surface area contributed by atoms with Crippen LogP contribution in [0.2, 0.25) is 0 Å². The first-order chi connectivity index (χ1) is 11.8. The molecule has 0 aliphatic heterocycles. The highest BCUT2D eigenvalue weighted by Gasteiger charge is 2.13. The zero-order valence-corrected chi connectivity index (χ0v) is 12.7. The number of carbonyl (C=O) groups excluding carboxylic acids is 1. The van der Waals surface area contributed by atoms with Crippen LogP contribution in [-0.2, 0) is 0 Å². The Bertz CT molecular complexity index is 836. The third kappa shape index (κ3) is 4.01. The number of carbonyl (C=O) groups is 1. The lowest BCUT2D eigenvalue weighted by Crippen LogP contribution is -2.18. The van der Waals surface area contributed by atoms with Gasteiger partial charge in [-0.1, -0.05) is 24.3 Å². The molecule has 24 heavy (non-hydrogen) atoms. The smallest absolute Gasteiger partial charge is 0.276 e. The van der Waals surface area contributed by atoms with E-state index >= 15 is 0 Å². The summed E-state index contributed by atoms with van der Waals surface area (Å²) in [5.74, 6) is 0.401. The number of nitrogens with one attached hydrogen (secondary N) is 1. The van der Waals surface area contributed by atoms with Gasteiger partial charge >= 0.3 is 0 Å². The van der Waals surface area contributed by atoms with E-state index < -0.39 is 5.91 Å². The second-order valence-corrected chi connectivity index (χ2v) is 4.72. The molecule has 0 saturated heterocycles. The Kier molecular flexibility index (Phi) is 4.89. The maximum Gasteiger partial charge on any atom is 0.276 e. The van der Waals surface area contributed by atoms with Crippen LogP contribution in [0.25, 0.3) is 0 Å². The predicted octanol–water partition coefficient (Wildman–Crippen LogP) is 3.03. The van der Waals surface area contributed by atoms with Crippen LogP contribution in [0.15, 0.2) is 78.2 Å². The third-order valence-corrected chi connectivity index (χ3v) is 3.02. The molecule has 1 aromatic carbocycles. The first-order valence-electron chi connectivity index (χ1n) is 7.25. The Morgan fingerprint density at radius 2 is 1.75 bits per heavy atom. The van der Waals surface area contributed by atoms with Crippen LogP contribution < -0.4 is 10.2 Å². The predicted molar refractivity (Wildman–Crippen MR) is 90.1 cm³/mol. The number of amides is 1. The van der Waals surface area contributed by atoms with Crippen molar-refractivity contribution >= 4 is 12.1 Å². The van der Waals surface area contributed by atoms with Crippen molar-refractivity contribution in [3.8, 4) is 11.6 Å². The lowest BCUT2D eigenvalue weighted by molar-refractivity contribution is 0.0952. The van der Waals surface area contributed by atoms with E-state index in [-0.39, 0.29) is 5.88 Å². The minimum atomic E-state index is -0.416. The van der Waals surface area contributed by atoms with Crippen molar-refractivity contribution in [2.75, 3.05) is 0 Å². The second-order valence-electron chi connectivity index (χ2n) is 4.72. The summed E-state index contributed by atoms with van der Waals surface area (Å²) in [5.41, 5.74) is 3.38. The van der Waals surface area contributed by atoms with Gasteiger partial charge in [0.15, 0.2) is 0 Å². The molecule has 0 radical (unpaired) electrons. The van der Waals surface area contributed by atoms with Gasteiger partial charge in [0.1, 0.15) is 11.3 Å². The van der Waals surface area contributed by atoms with E-state index in [2.05, 4.69) is 20.5 Å². The van der Waals surface area contributed by atoms with Gasteiger partial charge in [-0.15, -0.1) is 0 Å². The average molecular weight is 318 g/mol. The number of ether oxygens (including phenoxy) is 1. The number of rotatable bonds is 5. The number of benzene rings is 1. The summed E-state index contributed by atoms with van der Waals surface area (Å²) in [4.78, 5) is 20.5. The molecular formula is C18H14N4O2. The summed E-state index contributed by atoms with van der Waals surface area (Å²) in [6.07, 6.45) is 4.67. The van der Waals surface area contributed by atoms with Gasteiger partial charge in [0.05, 0.1) is 11.9 Å². The number of hydrogen-bond acceptors (Lipinski definition) is 5. The van der Waals surface area contributed by atoms with Crippen LogP contribution in [0.3, 0.4) is 0 Å². The Morgan fingerprint density at radius 1 is 0.958 bits per heavy atom. The molecule has 0 aliphatic rings. The van der Waals surface area contributed by atoms with E-state index in [0.29, 0.717) is 17.0 Å². The normalized spacial score (nSPS) is 10.5. The fourth-order valence-electron chi connectivity index (χ4n) is 1.91. The molecule has 3 rings (SSSR count). The standard InChI is InChI=1S/C18H14N4O2/c23-17(22-21-13-14-7-4-5-11-19-14)16-10-6-12-20-18(16)24-15-8-2-1-3-9-15/h1-13H,(H,22,23)/b21-13+. The van der Waals surface area contributed by atoms with E-state index in [9.17, 15) is 4.79 Å². The van der Waals surface area contributed by atoms with Gasteiger partial charge in [0.25, 0.3) is 5.91 Å². The second kappa shape index (κ2) is 7.64. The molecule has 0 aliphatic carbocycles. The van der Waals surface area contributed by atoms with E-state index in [1.165, 1.54) is 6.21 Å². The van der Waals surface area contributed by atoms with Gasteiger partial charge in [0.2, 0.25) is 5.88 Å². The van der Waals surface area contributed by atoms with Crippen molar-refractivity contribution in [1.82, 2.24) is 15.4 Å². The molecule has 0 atom stereocenters. The molecule has 0 spiro atoms. The van der Waals surface area contributed by atoms with Crippen molar-refractivity contribution < 1.29 is 9.53 Å². The highest BCUT2D eigenvalue weighted by atomic mass is 16.5. The van der Waals surface area contributed by atoms with Crippen LogP contribution >= 0.6 is 0 Å². The van der Waals surface area contributed by atoms with Crippen LogP contribution in [-0.4, -0.2) is 22.1 Å². The van der Waals surface area contributed by atoms with Crippen molar-refractivity contribution in [1.29, 1.82) is 0 Å². The molecule has 118 valence electrons. The molecule has 2 heterocycles. The van der Waals surface area contributed by atoms with Crippen molar-refractivity contribution in [2.45, 2.75) is 0 Å². The Labute approximate surface area is 138 Å². The lowest BCUT2D eigenvalue weighted by Gasteiger charge is -2.08. The largest absolute Gasteiger partial charge is 0.438 e. The summed E-state index contributed by atoms with van der Waals surface area (Å²) in [7, 11) is 0. The van der Waals surface area contributed by atoms with E-state index in [0.717, 1.165) is 0 Å². The van der Waals surface area contributed by atoms with Crippen LogP contribution in [0.5, 0.6) is 11.6 Å². The number of para-hydroxylation sites is 1. The molecule has 0 bridgehead atoms. The minimum Gasteiger partial charge on any atom is -0.438 e. The molecule has 6 nitrogen and oxygen atoms in total. The van der Waals surface area contributed by atoms with Gasteiger partial charge in [0, 0.05) is 12.4 Å².